The average molecular weight is 800 g/mol. The molecule has 322 valence electrons. The number of allylic oxidation sites excluding steroid dienone is 5. The summed E-state index contributed by atoms with van der Waals surface area (Å²) in [7, 11) is 1.63. The summed E-state index contributed by atoms with van der Waals surface area (Å²) in [5, 5.41) is 44.2. The highest BCUT2D eigenvalue weighted by molar-refractivity contribution is 5.88. The van der Waals surface area contributed by atoms with E-state index in [1.165, 1.54) is 0 Å². The van der Waals surface area contributed by atoms with Crippen molar-refractivity contribution in [1.29, 1.82) is 0 Å². The molecule has 0 unspecified atom stereocenters. The molecular formula is C46H73NO10. The minimum absolute atomic E-state index is 0.0331. The van der Waals surface area contributed by atoms with Crippen LogP contribution >= 0.6 is 0 Å². The van der Waals surface area contributed by atoms with Gasteiger partial charge in [0.2, 0.25) is 11.6 Å². The fourth-order valence-electron chi connectivity index (χ4n) is 9.21. The predicted molar refractivity (Wildman–Crippen MR) is 220 cm³/mol. The quantitative estimate of drug-likeness (QED) is 0.190. The second-order valence-electron chi connectivity index (χ2n) is 17.9. The maximum Gasteiger partial charge on any atom is 0.323 e. The van der Waals surface area contributed by atoms with Crippen LogP contribution in [0.25, 0.3) is 0 Å². The highest BCUT2D eigenvalue weighted by atomic mass is 16.6. The Hall–Kier alpha value is -2.51. The van der Waals surface area contributed by atoms with Gasteiger partial charge in [0, 0.05) is 31.8 Å². The zero-order chi connectivity index (χ0) is 41.9. The number of aliphatic hydroxyl groups excluding tert-OH is 3. The van der Waals surface area contributed by atoms with Crippen LogP contribution in [0.1, 0.15) is 125 Å². The van der Waals surface area contributed by atoms with Gasteiger partial charge in [-0.3, -0.25) is 19.3 Å². The lowest BCUT2D eigenvalue weighted by atomic mass is 9.80. The molecular weight excluding hydrogens is 727 g/mol. The minimum atomic E-state index is -2.01. The van der Waals surface area contributed by atoms with Crippen LogP contribution in [0.5, 0.6) is 0 Å². The molecule has 1 aliphatic carbocycles. The topological polar surface area (TPSA) is 163 Å². The Morgan fingerprint density at radius 2 is 1.61 bits per heavy atom. The minimum Gasteiger partial charge on any atom is -0.461 e. The standard InChI is InChI=1S/C46H73NO10/c1-29-13-9-8-10-14-30(2)40(55-7)27-37-22-17-34(6)46(54,57-37)41(49)28-47-24-12-11-15-38(47)45(53)56-39(32(4)26-35-18-20-36(48)21-19-35)23-16-31(3)42(50)44(52)43(51)33(5)25-29/h8-10,13-14,16,29,32-40,42,44,48,50,52,54H,11-12,15,17-28H2,1-7H3/b10-8+,13-9+,30-14+,31-16+/t29-,32-,33-,34-,35?,36?,37+,38+,39+,40+,42-,44-,46-/m1/s1. The van der Waals surface area contributed by atoms with Gasteiger partial charge in [-0.15, -0.1) is 0 Å². The number of piperidine rings is 1. The van der Waals surface area contributed by atoms with Crippen molar-refractivity contribution in [3.05, 3.63) is 47.6 Å². The number of fused-ring (bicyclic) bond motifs is 3. The summed E-state index contributed by atoms with van der Waals surface area (Å²) >= 11 is 0. The van der Waals surface area contributed by atoms with E-state index in [9.17, 15) is 34.8 Å². The first-order chi connectivity index (χ1) is 27.0. The van der Waals surface area contributed by atoms with Gasteiger partial charge >= 0.3 is 5.97 Å². The Morgan fingerprint density at radius 1 is 0.895 bits per heavy atom. The molecule has 4 N–H and O–H groups in total. The van der Waals surface area contributed by atoms with Gasteiger partial charge in [-0.2, -0.15) is 0 Å². The molecule has 11 heteroatoms. The summed E-state index contributed by atoms with van der Waals surface area (Å²) in [6.45, 7) is 11.6. The van der Waals surface area contributed by atoms with Gasteiger partial charge < -0.3 is 34.6 Å². The van der Waals surface area contributed by atoms with Crippen molar-refractivity contribution in [1.82, 2.24) is 4.90 Å². The van der Waals surface area contributed by atoms with E-state index in [1.54, 1.807) is 27.0 Å². The molecule has 3 heterocycles. The van der Waals surface area contributed by atoms with Gasteiger partial charge in [0.05, 0.1) is 24.9 Å². The number of methoxy groups -OCH3 is 1. The summed E-state index contributed by atoms with van der Waals surface area (Å²) in [5.74, 6) is -3.93. The molecule has 3 aliphatic heterocycles. The van der Waals surface area contributed by atoms with E-state index in [-0.39, 0.29) is 37.0 Å². The number of cyclic esters (lactones) is 1. The molecule has 1 saturated carbocycles. The molecule has 0 amide bonds. The number of nitrogens with zero attached hydrogens (tertiary/aromatic N) is 1. The Balaban J connectivity index is 1.63. The van der Waals surface area contributed by atoms with Crippen LogP contribution in [0, 0.1) is 29.6 Å². The first-order valence-electron chi connectivity index (χ1n) is 21.7. The molecule has 2 bridgehead atoms. The van der Waals surface area contributed by atoms with Crippen LogP contribution < -0.4 is 0 Å². The number of hydrogen-bond donors (Lipinski definition) is 4. The van der Waals surface area contributed by atoms with E-state index in [1.807, 2.05) is 56.1 Å². The molecule has 3 fully saturated rings. The summed E-state index contributed by atoms with van der Waals surface area (Å²) in [5.41, 5.74) is 1.38. The first-order valence-corrected chi connectivity index (χ1v) is 21.7. The van der Waals surface area contributed by atoms with Crippen LogP contribution in [0.15, 0.2) is 47.6 Å². The lowest BCUT2D eigenvalue weighted by Crippen LogP contribution is -2.58. The number of Topliss-reactive ketones (excluding diaryl/α,β-unsaturated/α-hetero) is 2. The SMILES string of the molecule is CO[C@H]1C[C@@H]2CC[C@@H](C)[C@@](O)(O2)C(=O)CN2CCCC[C@H]2C(=O)O[C@H]([C@H](C)CC2CCC(O)CC2)C/C=C(\C)[C@@H](O)[C@@H](O)C(=O)[C@H](C)C[C@H](C)/C=C/C=C/C=C/1C. The lowest BCUT2D eigenvalue weighted by Gasteiger charge is -2.43. The van der Waals surface area contributed by atoms with E-state index in [2.05, 4.69) is 6.92 Å². The first kappa shape index (κ1) is 47.2. The van der Waals surface area contributed by atoms with E-state index < -0.39 is 65.6 Å². The predicted octanol–water partition coefficient (Wildman–Crippen LogP) is 6.17. The van der Waals surface area contributed by atoms with E-state index in [4.69, 9.17) is 14.2 Å². The van der Waals surface area contributed by atoms with E-state index in [0.29, 0.717) is 50.1 Å². The van der Waals surface area contributed by atoms with Gasteiger partial charge in [-0.05, 0) is 114 Å². The third-order valence-corrected chi connectivity index (χ3v) is 13.2. The molecule has 0 aromatic rings. The second-order valence-corrected chi connectivity index (χ2v) is 17.9. The number of esters is 1. The average Bonchev–Trinajstić information content (AvgIpc) is 3.19. The van der Waals surface area contributed by atoms with Crippen molar-refractivity contribution in [3.8, 4) is 0 Å². The maximum absolute atomic E-state index is 14.2. The van der Waals surface area contributed by atoms with Crippen LogP contribution in [0.3, 0.4) is 0 Å². The number of hydrogen-bond acceptors (Lipinski definition) is 11. The van der Waals surface area contributed by atoms with Crippen LogP contribution in [-0.4, -0.2) is 112 Å². The molecule has 0 spiro atoms. The summed E-state index contributed by atoms with van der Waals surface area (Å²) in [6, 6.07) is -0.685. The van der Waals surface area contributed by atoms with Gasteiger partial charge in [-0.25, -0.2) is 0 Å². The van der Waals surface area contributed by atoms with Crippen molar-refractivity contribution in [2.45, 2.75) is 173 Å². The third kappa shape index (κ3) is 13.2. The van der Waals surface area contributed by atoms with E-state index in [0.717, 1.165) is 50.5 Å². The fraction of sp³-hybridized carbons (Fsp3) is 0.761. The van der Waals surface area contributed by atoms with Gasteiger partial charge in [0.1, 0.15) is 24.4 Å². The molecule has 0 aromatic carbocycles. The highest BCUT2D eigenvalue weighted by Gasteiger charge is 2.49. The van der Waals surface area contributed by atoms with Crippen molar-refractivity contribution >= 4 is 17.5 Å². The zero-order valence-electron chi connectivity index (χ0n) is 35.7. The zero-order valence-corrected chi connectivity index (χ0v) is 35.7. The van der Waals surface area contributed by atoms with Gasteiger partial charge in [0.15, 0.2) is 5.78 Å². The summed E-state index contributed by atoms with van der Waals surface area (Å²) < 4.78 is 18.5. The van der Waals surface area contributed by atoms with Crippen molar-refractivity contribution in [2.75, 3.05) is 20.2 Å². The largest absolute Gasteiger partial charge is 0.461 e. The molecule has 57 heavy (non-hydrogen) atoms. The maximum atomic E-state index is 14.2. The molecule has 2 saturated heterocycles. The number of carbonyl (C=O) groups is 3. The number of ketones is 2. The lowest BCUT2D eigenvalue weighted by molar-refractivity contribution is -0.267. The Bertz CT molecular complexity index is 1450. The molecule has 0 aromatic heterocycles. The smallest absolute Gasteiger partial charge is 0.323 e. The van der Waals surface area contributed by atoms with E-state index >= 15 is 0 Å². The van der Waals surface area contributed by atoms with Crippen molar-refractivity contribution in [3.63, 3.8) is 0 Å². The second kappa shape index (κ2) is 22.2. The molecule has 11 nitrogen and oxygen atoms in total. The molecule has 11 atom stereocenters. The molecule has 0 radical (unpaired) electrons. The number of rotatable bonds is 4. The van der Waals surface area contributed by atoms with Crippen LogP contribution in [0.2, 0.25) is 0 Å². The van der Waals surface area contributed by atoms with Crippen molar-refractivity contribution < 1.29 is 49.0 Å². The monoisotopic (exact) mass is 800 g/mol. The van der Waals surface area contributed by atoms with Gasteiger partial charge in [-0.1, -0.05) is 70.6 Å². The van der Waals surface area contributed by atoms with Gasteiger partial charge in [0.25, 0.3) is 0 Å². The highest BCUT2D eigenvalue weighted by Crippen LogP contribution is 2.37. The van der Waals surface area contributed by atoms with Crippen LogP contribution in [-0.2, 0) is 28.6 Å². The summed E-state index contributed by atoms with van der Waals surface area (Å²) in [6.07, 6.45) is 15.5. The Kier molecular flexibility index (Phi) is 18.4. The van der Waals surface area contributed by atoms with Crippen LogP contribution in [0.4, 0.5) is 0 Å². The number of ether oxygens (including phenoxy) is 3. The fourth-order valence-corrected chi connectivity index (χ4v) is 9.21. The third-order valence-electron chi connectivity index (χ3n) is 13.2. The summed E-state index contributed by atoms with van der Waals surface area (Å²) in [4.78, 5) is 43.4. The number of aliphatic hydroxyl groups is 4. The Labute approximate surface area is 341 Å². The Morgan fingerprint density at radius 3 is 2.32 bits per heavy atom. The normalized spacial score (nSPS) is 41.6. The molecule has 4 aliphatic rings. The number of carbonyl (C=O) groups excluding carboxylic acids is 3. The molecule has 4 rings (SSSR count). The van der Waals surface area contributed by atoms with Crippen molar-refractivity contribution in [2.24, 2.45) is 29.6 Å².